The van der Waals surface area contributed by atoms with E-state index in [-0.39, 0.29) is 5.91 Å². The second-order valence-electron chi connectivity index (χ2n) is 7.68. The molecule has 2 fully saturated rings. The van der Waals surface area contributed by atoms with E-state index in [4.69, 9.17) is 9.47 Å². The first-order valence-electron chi connectivity index (χ1n) is 10.3. The lowest BCUT2D eigenvalue weighted by Gasteiger charge is -2.41. The smallest absolute Gasteiger partial charge is 0.278 e. The molecule has 1 unspecified atom stereocenters. The van der Waals surface area contributed by atoms with Crippen molar-refractivity contribution in [2.45, 2.75) is 51.2 Å². The number of carbonyl (C=O) groups excluding carboxylic acids is 1. The number of hydrogen-bond donors (Lipinski definition) is 1. The van der Waals surface area contributed by atoms with Crippen LogP contribution in [0.25, 0.3) is 0 Å². The number of ether oxygens (including phenoxy) is 2. The average molecular weight is 396 g/mol. The highest BCUT2D eigenvalue weighted by Crippen LogP contribution is 2.27. The fourth-order valence-electron chi connectivity index (χ4n) is 4.26. The van der Waals surface area contributed by atoms with Gasteiger partial charge in [0, 0.05) is 32.8 Å². The predicted molar refractivity (Wildman–Crippen MR) is 103 cm³/mol. The Morgan fingerprint density at radius 2 is 2.11 bits per heavy atom. The SMILES string of the molecule is CCN1CCCC1CN1CCC(OC)(C(=O)NCCOc2nonc2C)CC1. The number of carbonyl (C=O) groups is 1. The fraction of sp³-hybridized carbons (Fsp3) is 0.842. The number of piperidine rings is 1. The van der Waals surface area contributed by atoms with Gasteiger partial charge in [-0.15, -0.1) is 0 Å². The zero-order valence-corrected chi connectivity index (χ0v) is 17.3. The third-order valence-electron chi connectivity index (χ3n) is 6.08. The van der Waals surface area contributed by atoms with Crippen molar-refractivity contribution in [1.82, 2.24) is 25.4 Å². The Morgan fingerprint density at radius 1 is 1.32 bits per heavy atom. The van der Waals surface area contributed by atoms with Crippen LogP contribution in [0.3, 0.4) is 0 Å². The number of nitrogens with zero attached hydrogens (tertiary/aromatic N) is 4. The van der Waals surface area contributed by atoms with E-state index in [1.54, 1.807) is 14.0 Å². The van der Waals surface area contributed by atoms with Crippen molar-refractivity contribution in [3.05, 3.63) is 5.69 Å². The first kappa shape index (κ1) is 21.0. The summed E-state index contributed by atoms with van der Waals surface area (Å²) in [6.07, 6.45) is 3.99. The van der Waals surface area contributed by atoms with Gasteiger partial charge in [-0.3, -0.25) is 9.69 Å². The molecule has 0 bridgehead atoms. The van der Waals surface area contributed by atoms with Gasteiger partial charge < -0.3 is 19.7 Å². The molecule has 2 aliphatic rings. The van der Waals surface area contributed by atoms with E-state index in [0.29, 0.717) is 43.6 Å². The molecule has 0 saturated carbocycles. The maximum absolute atomic E-state index is 12.8. The van der Waals surface area contributed by atoms with E-state index in [1.807, 2.05) is 0 Å². The largest absolute Gasteiger partial charge is 0.472 e. The molecule has 0 aliphatic carbocycles. The maximum atomic E-state index is 12.8. The number of likely N-dealkylation sites (tertiary alicyclic amines) is 2. The zero-order valence-electron chi connectivity index (χ0n) is 17.3. The predicted octanol–water partition coefficient (Wildman–Crippen LogP) is 0.838. The molecule has 1 N–H and O–H groups in total. The van der Waals surface area contributed by atoms with E-state index in [9.17, 15) is 4.79 Å². The zero-order chi connectivity index (χ0) is 20.0. The molecule has 0 radical (unpaired) electrons. The van der Waals surface area contributed by atoms with Crippen LogP contribution in [0.15, 0.2) is 4.63 Å². The van der Waals surface area contributed by atoms with E-state index >= 15 is 0 Å². The van der Waals surface area contributed by atoms with Crippen molar-refractivity contribution < 1.29 is 18.9 Å². The van der Waals surface area contributed by atoms with Gasteiger partial charge >= 0.3 is 0 Å². The monoisotopic (exact) mass is 395 g/mol. The number of rotatable bonds is 9. The number of amides is 1. The molecule has 1 amide bonds. The summed E-state index contributed by atoms with van der Waals surface area (Å²) in [5, 5.41) is 10.3. The van der Waals surface area contributed by atoms with Gasteiger partial charge in [-0.2, -0.15) is 0 Å². The van der Waals surface area contributed by atoms with E-state index in [1.165, 1.54) is 19.4 Å². The van der Waals surface area contributed by atoms with Gasteiger partial charge in [0.25, 0.3) is 11.8 Å². The first-order chi connectivity index (χ1) is 13.6. The van der Waals surface area contributed by atoms with Crippen LogP contribution in [0, 0.1) is 6.92 Å². The van der Waals surface area contributed by atoms with Crippen LogP contribution in [0.1, 0.15) is 38.3 Å². The third kappa shape index (κ3) is 4.82. The number of likely N-dealkylation sites (N-methyl/N-ethyl adjacent to an activating group) is 1. The Bertz CT molecular complexity index is 630. The van der Waals surface area contributed by atoms with Gasteiger partial charge in [-0.25, -0.2) is 4.63 Å². The van der Waals surface area contributed by atoms with Crippen molar-refractivity contribution in [2.75, 3.05) is 53.0 Å². The third-order valence-corrected chi connectivity index (χ3v) is 6.08. The molecule has 2 saturated heterocycles. The molecule has 1 aromatic heterocycles. The van der Waals surface area contributed by atoms with Crippen LogP contribution >= 0.6 is 0 Å². The first-order valence-corrected chi connectivity index (χ1v) is 10.3. The van der Waals surface area contributed by atoms with Gasteiger partial charge in [-0.05, 0) is 50.9 Å². The number of aryl methyl sites for hydroxylation is 1. The standard InChI is InChI=1S/C19H33N5O4/c1-4-24-10-5-6-16(24)14-23-11-7-19(26-3,8-12-23)18(25)20-9-13-27-17-15(2)21-28-22-17/h16H,4-14H2,1-3H3,(H,20,25). The Hall–Kier alpha value is -1.71. The molecule has 158 valence electrons. The molecule has 1 atom stereocenters. The van der Waals surface area contributed by atoms with Crippen molar-refractivity contribution in [1.29, 1.82) is 0 Å². The summed E-state index contributed by atoms with van der Waals surface area (Å²) in [6, 6.07) is 0.653. The average Bonchev–Trinajstić information content (AvgIpc) is 3.34. The summed E-state index contributed by atoms with van der Waals surface area (Å²) in [6.45, 7) is 9.87. The Morgan fingerprint density at radius 3 is 2.75 bits per heavy atom. The van der Waals surface area contributed by atoms with Gasteiger partial charge in [0.1, 0.15) is 17.9 Å². The summed E-state index contributed by atoms with van der Waals surface area (Å²) >= 11 is 0. The molecule has 3 rings (SSSR count). The van der Waals surface area contributed by atoms with Gasteiger partial charge in [0.2, 0.25) is 0 Å². The summed E-state index contributed by atoms with van der Waals surface area (Å²) < 4.78 is 15.7. The van der Waals surface area contributed by atoms with Crippen molar-refractivity contribution in [3.8, 4) is 5.88 Å². The molecule has 9 nitrogen and oxygen atoms in total. The summed E-state index contributed by atoms with van der Waals surface area (Å²) in [5.41, 5.74) is -0.155. The van der Waals surface area contributed by atoms with Crippen LogP contribution in [0.4, 0.5) is 0 Å². The minimum atomic E-state index is -0.748. The minimum Gasteiger partial charge on any atom is -0.472 e. The van der Waals surface area contributed by atoms with Crippen LogP contribution in [-0.4, -0.2) is 90.6 Å². The Balaban J connectivity index is 1.42. The van der Waals surface area contributed by atoms with Crippen molar-refractivity contribution >= 4 is 5.91 Å². The molecule has 2 aliphatic heterocycles. The van der Waals surface area contributed by atoms with Crippen LogP contribution in [0.2, 0.25) is 0 Å². The lowest BCUT2D eigenvalue weighted by atomic mass is 9.89. The molecular formula is C19H33N5O4. The highest BCUT2D eigenvalue weighted by atomic mass is 16.6. The highest BCUT2D eigenvalue weighted by molar-refractivity contribution is 5.85. The van der Waals surface area contributed by atoms with Gasteiger partial charge in [0.15, 0.2) is 0 Å². The van der Waals surface area contributed by atoms with E-state index in [2.05, 4.69) is 37.0 Å². The minimum absolute atomic E-state index is 0.0655. The highest BCUT2D eigenvalue weighted by Gasteiger charge is 2.42. The number of aromatic nitrogens is 2. The molecule has 3 heterocycles. The van der Waals surface area contributed by atoms with Crippen molar-refractivity contribution in [2.24, 2.45) is 0 Å². The van der Waals surface area contributed by atoms with Crippen molar-refractivity contribution in [3.63, 3.8) is 0 Å². The number of hydrogen-bond acceptors (Lipinski definition) is 8. The molecule has 28 heavy (non-hydrogen) atoms. The Labute approximate surface area is 166 Å². The molecule has 0 spiro atoms. The molecule has 9 heteroatoms. The quantitative estimate of drug-likeness (QED) is 0.615. The van der Waals surface area contributed by atoms with Crippen LogP contribution < -0.4 is 10.1 Å². The lowest BCUT2D eigenvalue weighted by Crippen LogP contribution is -2.56. The molecule has 1 aromatic rings. The molecule has 0 aromatic carbocycles. The number of methoxy groups -OCH3 is 1. The van der Waals surface area contributed by atoms with Gasteiger partial charge in [0.05, 0.1) is 6.54 Å². The Kier molecular flexibility index (Phi) is 7.25. The summed E-state index contributed by atoms with van der Waals surface area (Å²) in [5.74, 6) is 0.293. The second kappa shape index (κ2) is 9.67. The molecular weight excluding hydrogens is 362 g/mol. The summed E-state index contributed by atoms with van der Waals surface area (Å²) in [7, 11) is 1.63. The van der Waals surface area contributed by atoms with E-state index < -0.39 is 5.60 Å². The van der Waals surface area contributed by atoms with Gasteiger partial charge in [-0.1, -0.05) is 12.1 Å². The van der Waals surface area contributed by atoms with E-state index in [0.717, 1.165) is 26.2 Å². The normalized spacial score (nSPS) is 23.0. The van der Waals surface area contributed by atoms with Crippen LogP contribution in [-0.2, 0) is 9.53 Å². The maximum Gasteiger partial charge on any atom is 0.278 e. The lowest BCUT2D eigenvalue weighted by molar-refractivity contribution is -0.149. The van der Waals surface area contributed by atoms with Crippen LogP contribution in [0.5, 0.6) is 5.88 Å². The summed E-state index contributed by atoms with van der Waals surface area (Å²) in [4.78, 5) is 17.8. The second-order valence-corrected chi connectivity index (χ2v) is 7.68. The topological polar surface area (TPSA) is 93.0 Å². The fourth-order valence-corrected chi connectivity index (χ4v) is 4.26. The number of nitrogens with one attached hydrogen (secondary N) is 1.